The zero-order chi connectivity index (χ0) is 9.69. The van der Waals surface area contributed by atoms with Crippen LogP contribution < -0.4 is 0 Å². The van der Waals surface area contributed by atoms with Gasteiger partial charge in [0.15, 0.2) is 0 Å². The van der Waals surface area contributed by atoms with Gasteiger partial charge in [0, 0.05) is 12.0 Å². The van der Waals surface area contributed by atoms with Crippen LogP contribution in [0, 0.1) is 5.41 Å². The number of aryl methyl sites for hydroxylation is 1. The van der Waals surface area contributed by atoms with Crippen LogP contribution in [-0.4, -0.2) is 5.11 Å². The SMILES string of the molecule is [2H]C1(O)c2ccoc2CCC1(C)C. The molecule has 2 nitrogen and oxygen atoms in total. The first-order chi connectivity index (χ1) is 5.95. The molecule has 1 heterocycles. The molecule has 0 aliphatic heterocycles. The van der Waals surface area contributed by atoms with Gasteiger partial charge in [0.25, 0.3) is 0 Å². The summed E-state index contributed by atoms with van der Waals surface area (Å²) in [6.45, 7) is 3.83. The normalized spacial score (nSPS) is 34.1. The fourth-order valence-electron chi connectivity index (χ4n) is 1.65. The molecule has 1 unspecified atom stereocenters. The van der Waals surface area contributed by atoms with Gasteiger partial charge >= 0.3 is 0 Å². The first kappa shape index (κ1) is 6.72. The van der Waals surface area contributed by atoms with Crippen LogP contribution >= 0.6 is 0 Å². The van der Waals surface area contributed by atoms with E-state index in [0.29, 0.717) is 5.56 Å². The highest BCUT2D eigenvalue weighted by Gasteiger charge is 2.35. The van der Waals surface area contributed by atoms with Crippen LogP contribution in [0.4, 0.5) is 0 Å². The van der Waals surface area contributed by atoms with Crippen LogP contribution in [0.15, 0.2) is 16.7 Å². The summed E-state index contributed by atoms with van der Waals surface area (Å²) in [6.07, 6.45) is 1.64. The lowest BCUT2D eigenvalue weighted by Crippen LogP contribution is -2.27. The van der Waals surface area contributed by atoms with E-state index < -0.39 is 11.5 Å². The van der Waals surface area contributed by atoms with Crippen molar-refractivity contribution in [3.8, 4) is 0 Å². The van der Waals surface area contributed by atoms with Crippen molar-refractivity contribution in [2.45, 2.75) is 32.8 Å². The van der Waals surface area contributed by atoms with Crippen LogP contribution in [0.5, 0.6) is 0 Å². The second-order valence-electron chi connectivity index (χ2n) is 3.99. The molecule has 2 rings (SSSR count). The van der Waals surface area contributed by atoms with Gasteiger partial charge in [-0.25, -0.2) is 0 Å². The molecule has 0 amide bonds. The Kier molecular flexibility index (Phi) is 1.32. The zero-order valence-corrected chi connectivity index (χ0v) is 7.42. The predicted octanol–water partition coefficient (Wildman–Crippen LogP) is 2.29. The molecular formula is C10H14O2. The zero-order valence-electron chi connectivity index (χ0n) is 8.42. The van der Waals surface area contributed by atoms with Crippen molar-refractivity contribution in [2.75, 3.05) is 0 Å². The molecule has 66 valence electrons. The second kappa shape index (κ2) is 2.36. The van der Waals surface area contributed by atoms with Gasteiger partial charge in [-0.15, -0.1) is 0 Å². The summed E-state index contributed by atoms with van der Waals surface area (Å²) in [5, 5.41) is 10.0. The van der Waals surface area contributed by atoms with E-state index in [1.807, 2.05) is 13.8 Å². The average Bonchev–Trinajstić information content (AvgIpc) is 2.46. The van der Waals surface area contributed by atoms with E-state index in [0.717, 1.165) is 18.6 Å². The molecular weight excluding hydrogens is 152 g/mol. The number of hydrogen-bond acceptors (Lipinski definition) is 2. The lowest BCUT2D eigenvalue weighted by atomic mass is 9.74. The monoisotopic (exact) mass is 167 g/mol. The molecule has 1 aromatic heterocycles. The lowest BCUT2D eigenvalue weighted by molar-refractivity contribution is 0.0308. The van der Waals surface area contributed by atoms with Gasteiger partial charge in [-0.05, 0) is 17.9 Å². The van der Waals surface area contributed by atoms with Crippen LogP contribution in [0.2, 0.25) is 0 Å². The number of fused-ring (bicyclic) bond motifs is 1. The standard InChI is InChI=1S/C10H14O2/c1-10(2)5-3-8-7(9(10)11)4-6-12-8/h4,6,9,11H,3,5H2,1-2H3/i9D. The van der Waals surface area contributed by atoms with Gasteiger partial charge < -0.3 is 9.52 Å². The fourth-order valence-corrected chi connectivity index (χ4v) is 1.65. The van der Waals surface area contributed by atoms with Crippen molar-refractivity contribution in [1.82, 2.24) is 0 Å². The molecule has 0 saturated carbocycles. The number of rotatable bonds is 0. The smallest absolute Gasteiger partial charge is 0.109 e. The average molecular weight is 167 g/mol. The minimum atomic E-state index is -1.51. The number of aliphatic hydroxyl groups is 1. The van der Waals surface area contributed by atoms with Gasteiger partial charge in [-0.2, -0.15) is 0 Å². The quantitative estimate of drug-likeness (QED) is 0.643. The second-order valence-corrected chi connectivity index (χ2v) is 3.99. The number of furan rings is 1. The van der Waals surface area contributed by atoms with Crippen molar-refractivity contribution >= 4 is 0 Å². The van der Waals surface area contributed by atoms with Crippen LogP contribution in [0.3, 0.4) is 0 Å². The van der Waals surface area contributed by atoms with Gasteiger partial charge in [0.2, 0.25) is 0 Å². The first-order valence-electron chi connectivity index (χ1n) is 4.74. The van der Waals surface area contributed by atoms with E-state index in [1.54, 1.807) is 12.3 Å². The first-order valence-corrected chi connectivity index (χ1v) is 4.24. The summed E-state index contributed by atoms with van der Waals surface area (Å²) in [5.41, 5.74) is 0.230. The van der Waals surface area contributed by atoms with Gasteiger partial charge in [-0.1, -0.05) is 13.8 Å². The van der Waals surface area contributed by atoms with Gasteiger partial charge in [-0.3, -0.25) is 0 Å². The van der Waals surface area contributed by atoms with Crippen molar-refractivity contribution in [3.63, 3.8) is 0 Å². The van der Waals surface area contributed by atoms with Crippen molar-refractivity contribution < 1.29 is 10.9 Å². The molecule has 0 fully saturated rings. The summed E-state index contributed by atoms with van der Waals surface area (Å²) < 4.78 is 13.1. The summed E-state index contributed by atoms with van der Waals surface area (Å²) in [5.74, 6) is 0.761. The molecule has 12 heavy (non-hydrogen) atoms. The Morgan fingerprint density at radius 3 is 3.25 bits per heavy atom. The predicted molar refractivity (Wildman–Crippen MR) is 45.8 cm³/mol. The Bertz CT molecular complexity index is 325. The van der Waals surface area contributed by atoms with Crippen LogP contribution in [0.1, 0.15) is 39.0 Å². The van der Waals surface area contributed by atoms with Gasteiger partial charge in [0.1, 0.15) is 5.76 Å². The third-order valence-electron chi connectivity index (χ3n) is 2.62. The molecule has 0 radical (unpaired) electrons. The molecule has 2 heteroatoms. The minimum Gasteiger partial charge on any atom is -0.469 e. The van der Waals surface area contributed by atoms with E-state index in [2.05, 4.69) is 0 Å². The van der Waals surface area contributed by atoms with E-state index in [1.165, 1.54) is 0 Å². The Hall–Kier alpha value is -0.760. The highest BCUT2D eigenvalue weighted by molar-refractivity contribution is 5.25. The molecule has 1 aliphatic carbocycles. The van der Waals surface area contributed by atoms with E-state index in [9.17, 15) is 5.11 Å². The summed E-state index contributed by atoms with van der Waals surface area (Å²) in [7, 11) is 0. The highest BCUT2D eigenvalue weighted by Crippen LogP contribution is 2.43. The Morgan fingerprint density at radius 1 is 1.75 bits per heavy atom. The van der Waals surface area contributed by atoms with Crippen LogP contribution in [0.25, 0.3) is 0 Å². The topological polar surface area (TPSA) is 33.4 Å². The Morgan fingerprint density at radius 2 is 2.50 bits per heavy atom. The molecule has 1 aromatic rings. The molecule has 0 bridgehead atoms. The van der Waals surface area contributed by atoms with Crippen molar-refractivity contribution in [3.05, 3.63) is 23.7 Å². The highest BCUT2D eigenvalue weighted by atomic mass is 16.3. The third-order valence-corrected chi connectivity index (χ3v) is 2.62. The Balaban J connectivity index is 2.54. The minimum absolute atomic E-state index is 0.399. The largest absolute Gasteiger partial charge is 0.469 e. The van der Waals surface area contributed by atoms with Crippen molar-refractivity contribution in [2.24, 2.45) is 5.41 Å². The van der Waals surface area contributed by atoms with Gasteiger partial charge in [0.05, 0.1) is 13.7 Å². The fraction of sp³-hybridized carbons (Fsp3) is 0.600. The maximum Gasteiger partial charge on any atom is 0.109 e. The molecule has 1 atom stereocenters. The van der Waals surface area contributed by atoms with E-state index >= 15 is 0 Å². The maximum atomic E-state index is 10.0. The van der Waals surface area contributed by atoms with Crippen LogP contribution in [-0.2, 0) is 6.42 Å². The number of hydrogen-bond donors (Lipinski definition) is 1. The molecule has 1 aliphatic rings. The molecule has 0 aromatic carbocycles. The molecule has 1 N–H and O–H groups in total. The lowest BCUT2D eigenvalue weighted by Gasteiger charge is -2.34. The van der Waals surface area contributed by atoms with E-state index in [-0.39, 0.29) is 0 Å². The molecule has 0 spiro atoms. The summed E-state index contributed by atoms with van der Waals surface area (Å²) in [6, 6.07) is 1.70. The Labute approximate surface area is 73.6 Å². The molecule has 0 saturated heterocycles. The summed E-state index contributed by atoms with van der Waals surface area (Å²) in [4.78, 5) is 0. The summed E-state index contributed by atoms with van der Waals surface area (Å²) >= 11 is 0. The van der Waals surface area contributed by atoms with Crippen molar-refractivity contribution in [1.29, 1.82) is 0 Å². The third kappa shape index (κ3) is 0.985. The van der Waals surface area contributed by atoms with E-state index in [4.69, 9.17) is 5.79 Å². The maximum absolute atomic E-state index is 10.0.